The fraction of sp³-hybridized carbons (Fsp3) is 0.300. The number of ether oxygens (including phenoxy) is 2. The van der Waals surface area contributed by atoms with Crippen molar-refractivity contribution in [3.63, 3.8) is 0 Å². The van der Waals surface area contributed by atoms with Crippen molar-refractivity contribution in [1.29, 1.82) is 0 Å². The number of carbonyl (C=O) groups excluding carboxylic acids is 2. The van der Waals surface area contributed by atoms with Gasteiger partial charge in [-0.1, -0.05) is 0 Å². The van der Waals surface area contributed by atoms with Crippen molar-refractivity contribution in [2.45, 2.75) is 26.3 Å². The summed E-state index contributed by atoms with van der Waals surface area (Å²) in [5.74, 6) is 0.510. The highest BCUT2D eigenvalue weighted by Crippen LogP contribution is 2.35. The van der Waals surface area contributed by atoms with Gasteiger partial charge in [-0.2, -0.15) is 0 Å². The second kappa shape index (κ2) is 8.43. The van der Waals surface area contributed by atoms with E-state index >= 15 is 0 Å². The van der Waals surface area contributed by atoms with E-state index in [1.165, 1.54) is 14.2 Å². The van der Waals surface area contributed by atoms with Gasteiger partial charge in [0.2, 0.25) is 0 Å². The average molecular weight is 435 g/mol. The summed E-state index contributed by atoms with van der Waals surface area (Å²) in [6, 6.07) is 9.94. The standard InChI is InChI=1S/C20H23BrN2O4/c1-20(2,3)23-19(25)12-6-8-14(9-7-12)22-18(24)13-10-15(26-4)17(21)16(11-13)27-5/h6-11H,1-5H3,(H,22,24)(H,23,25). The fourth-order valence-corrected chi connectivity index (χ4v) is 2.87. The minimum absolute atomic E-state index is 0.164. The number of nitrogens with one attached hydrogen (secondary N) is 2. The number of halogens is 1. The average Bonchev–Trinajstić information content (AvgIpc) is 2.61. The predicted molar refractivity (Wildman–Crippen MR) is 109 cm³/mol. The first-order valence-corrected chi connectivity index (χ1v) is 9.09. The van der Waals surface area contributed by atoms with Crippen LogP contribution in [0.5, 0.6) is 11.5 Å². The summed E-state index contributed by atoms with van der Waals surface area (Å²) in [4.78, 5) is 24.7. The number of methoxy groups -OCH3 is 2. The fourth-order valence-electron chi connectivity index (χ4n) is 2.32. The maximum atomic E-state index is 12.6. The van der Waals surface area contributed by atoms with Gasteiger partial charge >= 0.3 is 0 Å². The number of hydrogen-bond donors (Lipinski definition) is 2. The van der Waals surface area contributed by atoms with Crippen LogP contribution in [0.15, 0.2) is 40.9 Å². The molecule has 0 spiro atoms. The van der Waals surface area contributed by atoms with Crippen LogP contribution in [-0.2, 0) is 0 Å². The normalized spacial score (nSPS) is 10.9. The van der Waals surface area contributed by atoms with Gasteiger partial charge < -0.3 is 20.1 Å². The number of benzene rings is 2. The Hall–Kier alpha value is -2.54. The number of carbonyl (C=O) groups is 2. The zero-order chi connectivity index (χ0) is 20.2. The van der Waals surface area contributed by atoms with Crippen LogP contribution in [0.1, 0.15) is 41.5 Å². The molecule has 0 aliphatic rings. The molecule has 0 aliphatic heterocycles. The summed E-state index contributed by atoms with van der Waals surface area (Å²) in [5.41, 5.74) is 1.17. The van der Waals surface area contributed by atoms with Crippen molar-refractivity contribution >= 4 is 33.4 Å². The Labute approximate surface area is 167 Å². The third-order valence-electron chi connectivity index (χ3n) is 3.60. The molecule has 0 aliphatic carbocycles. The topological polar surface area (TPSA) is 76.7 Å². The number of amides is 2. The van der Waals surface area contributed by atoms with Crippen molar-refractivity contribution < 1.29 is 19.1 Å². The van der Waals surface area contributed by atoms with Crippen molar-refractivity contribution in [3.8, 4) is 11.5 Å². The number of rotatable bonds is 5. The van der Waals surface area contributed by atoms with E-state index in [1.54, 1.807) is 36.4 Å². The van der Waals surface area contributed by atoms with Gasteiger partial charge in [0.25, 0.3) is 11.8 Å². The third-order valence-corrected chi connectivity index (χ3v) is 4.38. The first kappa shape index (κ1) is 20.8. The van der Waals surface area contributed by atoms with Gasteiger partial charge in [-0.15, -0.1) is 0 Å². The molecule has 7 heteroatoms. The van der Waals surface area contributed by atoms with E-state index in [1.807, 2.05) is 20.8 Å². The van der Waals surface area contributed by atoms with E-state index in [0.717, 1.165) is 0 Å². The van der Waals surface area contributed by atoms with E-state index in [4.69, 9.17) is 9.47 Å². The van der Waals surface area contributed by atoms with E-state index in [-0.39, 0.29) is 17.4 Å². The maximum absolute atomic E-state index is 12.6. The second-order valence-electron chi connectivity index (χ2n) is 6.93. The van der Waals surface area contributed by atoms with Crippen molar-refractivity contribution in [2.24, 2.45) is 0 Å². The molecule has 2 N–H and O–H groups in total. The first-order chi connectivity index (χ1) is 12.6. The van der Waals surface area contributed by atoms with Gasteiger partial charge in [-0.25, -0.2) is 0 Å². The Bertz CT molecular complexity index is 817. The van der Waals surface area contributed by atoms with Gasteiger partial charge in [-0.05, 0) is 73.1 Å². The lowest BCUT2D eigenvalue weighted by atomic mass is 10.1. The molecule has 0 heterocycles. The van der Waals surface area contributed by atoms with Crippen LogP contribution < -0.4 is 20.1 Å². The third kappa shape index (κ3) is 5.47. The molecule has 0 saturated carbocycles. The summed E-state index contributed by atoms with van der Waals surface area (Å²) in [6.07, 6.45) is 0. The molecular weight excluding hydrogens is 412 g/mol. The first-order valence-electron chi connectivity index (χ1n) is 8.30. The number of anilines is 1. The highest BCUT2D eigenvalue weighted by Gasteiger charge is 2.17. The van der Waals surface area contributed by atoms with E-state index in [2.05, 4.69) is 26.6 Å². The van der Waals surface area contributed by atoms with Crippen molar-refractivity contribution in [1.82, 2.24) is 5.32 Å². The van der Waals surface area contributed by atoms with Crippen LogP contribution in [0.3, 0.4) is 0 Å². The second-order valence-corrected chi connectivity index (χ2v) is 7.72. The van der Waals surface area contributed by atoms with Crippen LogP contribution in [-0.4, -0.2) is 31.6 Å². The quantitative estimate of drug-likeness (QED) is 0.737. The molecule has 0 radical (unpaired) electrons. The minimum Gasteiger partial charge on any atom is -0.495 e. The Balaban J connectivity index is 2.16. The smallest absolute Gasteiger partial charge is 0.255 e. The largest absolute Gasteiger partial charge is 0.495 e. The molecule has 144 valence electrons. The molecule has 0 bridgehead atoms. The predicted octanol–water partition coefficient (Wildman–Crippen LogP) is 4.25. The van der Waals surface area contributed by atoms with Gasteiger partial charge in [-0.3, -0.25) is 9.59 Å². The highest BCUT2D eigenvalue weighted by molar-refractivity contribution is 9.10. The molecule has 0 saturated heterocycles. The molecule has 2 aromatic carbocycles. The summed E-state index contributed by atoms with van der Waals surface area (Å²) >= 11 is 3.37. The molecule has 2 rings (SSSR count). The zero-order valence-corrected chi connectivity index (χ0v) is 17.6. The SMILES string of the molecule is COc1cc(C(=O)Nc2ccc(C(=O)NC(C)(C)C)cc2)cc(OC)c1Br. The van der Waals surface area contributed by atoms with Crippen LogP contribution >= 0.6 is 15.9 Å². The Kier molecular flexibility index (Phi) is 6.49. The van der Waals surface area contributed by atoms with E-state index < -0.39 is 0 Å². The van der Waals surface area contributed by atoms with E-state index in [0.29, 0.717) is 32.8 Å². The molecule has 0 atom stereocenters. The van der Waals surface area contributed by atoms with Gasteiger partial charge in [0.15, 0.2) is 0 Å². The van der Waals surface area contributed by atoms with Gasteiger partial charge in [0.05, 0.1) is 14.2 Å². The Morgan fingerprint density at radius 1 is 0.889 bits per heavy atom. The zero-order valence-electron chi connectivity index (χ0n) is 16.0. The highest BCUT2D eigenvalue weighted by atomic mass is 79.9. The Morgan fingerprint density at radius 2 is 1.41 bits per heavy atom. The lowest BCUT2D eigenvalue weighted by molar-refractivity contribution is 0.0919. The molecule has 27 heavy (non-hydrogen) atoms. The lowest BCUT2D eigenvalue weighted by Gasteiger charge is -2.20. The minimum atomic E-state index is -0.316. The molecule has 0 fully saturated rings. The molecule has 2 aromatic rings. The van der Waals surface area contributed by atoms with Crippen LogP contribution in [0.25, 0.3) is 0 Å². The molecule has 2 amide bonds. The summed E-state index contributed by atoms with van der Waals surface area (Å²) in [7, 11) is 3.03. The van der Waals surface area contributed by atoms with Crippen LogP contribution in [0, 0.1) is 0 Å². The summed E-state index contributed by atoms with van der Waals surface area (Å²) < 4.78 is 11.2. The summed E-state index contributed by atoms with van der Waals surface area (Å²) in [6.45, 7) is 5.75. The van der Waals surface area contributed by atoms with E-state index in [9.17, 15) is 9.59 Å². The van der Waals surface area contributed by atoms with Crippen LogP contribution in [0.2, 0.25) is 0 Å². The lowest BCUT2D eigenvalue weighted by Crippen LogP contribution is -2.40. The molecule has 0 unspecified atom stereocenters. The maximum Gasteiger partial charge on any atom is 0.255 e. The molecule has 0 aromatic heterocycles. The number of hydrogen-bond acceptors (Lipinski definition) is 4. The van der Waals surface area contributed by atoms with Gasteiger partial charge in [0.1, 0.15) is 16.0 Å². The monoisotopic (exact) mass is 434 g/mol. The van der Waals surface area contributed by atoms with Crippen molar-refractivity contribution in [3.05, 3.63) is 52.0 Å². The Morgan fingerprint density at radius 3 is 1.85 bits per heavy atom. The van der Waals surface area contributed by atoms with Crippen molar-refractivity contribution in [2.75, 3.05) is 19.5 Å². The molecule has 6 nitrogen and oxygen atoms in total. The summed E-state index contributed by atoms with van der Waals surface area (Å²) in [5, 5.41) is 5.69. The molecular formula is C20H23BrN2O4. The van der Waals surface area contributed by atoms with Crippen LogP contribution in [0.4, 0.5) is 5.69 Å². The van der Waals surface area contributed by atoms with Gasteiger partial charge in [0, 0.05) is 22.4 Å².